The Bertz CT molecular complexity index is 901. The topological polar surface area (TPSA) is 78.5 Å². The number of hydrazine groups is 1. The van der Waals surface area contributed by atoms with Crippen molar-refractivity contribution in [3.8, 4) is 5.75 Å². The monoisotopic (exact) mass is 399 g/mol. The summed E-state index contributed by atoms with van der Waals surface area (Å²) in [5.41, 5.74) is 9.42. The number of aromatic nitrogens is 1. The van der Waals surface area contributed by atoms with Crippen molar-refractivity contribution < 1.29 is 13.9 Å². The summed E-state index contributed by atoms with van der Waals surface area (Å²) in [4.78, 5) is 19.3. The molecule has 4 rings (SSSR count). The molecule has 154 valence electrons. The summed E-state index contributed by atoms with van der Waals surface area (Å²) in [7, 11) is 1.42. The van der Waals surface area contributed by atoms with Gasteiger partial charge in [-0.25, -0.2) is 9.37 Å². The number of anilines is 2. The van der Waals surface area contributed by atoms with Crippen LogP contribution in [0.3, 0.4) is 0 Å². The summed E-state index contributed by atoms with van der Waals surface area (Å²) < 4.78 is 18.6. The maximum absolute atomic E-state index is 13.6. The minimum Gasteiger partial charge on any atom is -0.494 e. The van der Waals surface area contributed by atoms with Crippen LogP contribution in [0.5, 0.6) is 5.75 Å². The number of aryl methyl sites for hydroxylation is 1. The number of methoxy groups -OCH3 is 1. The number of carbonyl (C=O) groups is 1. The summed E-state index contributed by atoms with van der Waals surface area (Å²) in [5, 5.41) is 3.19. The molecular formula is C21H26FN5O2. The molecule has 0 spiro atoms. The molecule has 2 saturated heterocycles. The average Bonchev–Trinajstić information content (AvgIpc) is 3.39. The second-order valence-electron chi connectivity index (χ2n) is 7.38. The van der Waals surface area contributed by atoms with Gasteiger partial charge >= 0.3 is 0 Å². The van der Waals surface area contributed by atoms with Gasteiger partial charge in [-0.15, -0.1) is 0 Å². The van der Waals surface area contributed by atoms with Crippen LogP contribution in [-0.2, 0) is 11.2 Å². The highest BCUT2D eigenvalue weighted by Gasteiger charge is 2.34. The van der Waals surface area contributed by atoms with E-state index in [2.05, 4.69) is 28.1 Å². The van der Waals surface area contributed by atoms with Gasteiger partial charge < -0.3 is 10.1 Å². The molecule has 2 aliphatic rings. The van der Waals surface area contributed by atoms with Gasteiger partial charge in [0.1, 0.15) is 11.9 Å². The van der Waals surface area contributed by atoms with Gasteiger partial charge in [0, 0.05) is 43.5 Å². The first-order valence-electron chi connectivity index (χ1n) is 9.96. The smallest absolute Gasteiger partial charge is 0.250 e. The molecule has 0 radical (unpaired) electrons. The number of hydrogen-bond donors (Lipinski definition) is 3. The zero-order chi connectivity index (χ0) is 20.4. The van der Waals surface area contributed by atoms with E-state index < -0.39 is 5.82 Å². The Kier molecular flexibility index (Phi) is 5.64. The summed E-state index contributed by atoms with van der Waals surface area (Å²) in [6.45, 7) is 4.47. The van der Waals surface area contributed by atoms with Gasteiger partial charge in [-0.05, 0) is 42.2 Å². The molecule has 0 bridgehead atoms. The van der Waals surface area contributed by atoms with E-state index in [1.807, 2.05) is 12.3 Å². The average molecular weight is 399 g/mol. The quantitative estimate of drug-likeness (QED) is 0.691. The Balaban J connectivity index is 1.50. The standard InChI is InChI=1S/C21H26FN5O2/c1-3-13-8-20(23-12-16(13)14-10-24-25-11-14)27-7-6-18(21(27)28)26-15-4-5-17(22)19(9-15)29-2/h4-5,8-9,12,14,18,24-26H,3,6-7,10-11H2,1-2H3. The fraction of sp³-hybridized carbons (Fsp3) is 0.429. The lowest BCUT2D eigenvalue weighted by atomic mass is 9.95. The maximum atomic E-state index is 13.6. The van der Waals surface area contributed by atoms with Crippen molar-refractivity contribution in [2.75, 3.05) is 37.0 Å². The molecule has 2 aliphatic heterocycles. The number of rotatable bonds is 6. The van der Waals surface area contributed by atoms with Crippen LogP contribution in [0.4, 0.5) is 15.9 Å². The van der Waals surface area contributed by atoms with Crippen molar-refractivity contribution in [1.29, 1.82) is 0 Å². The van der Waals surface area contributed by atoms with Crippen molar-refractivity contribution >= 4 is 17.4 Å². The third-order valence-corrected chi connectivity index (χ3v) is 5.63. The number of nitrogens with zero attached hydrogens (tertiary/aromatic N) is 2. The van der Waals surface area contributed by atoms with Gasteiger partial charge in [-0.3, -0.25) is 20.5 Å². The molecule has 7 nitrogen and oxygen atoms in total. The van der Waals surface area contributed by atoms with E-state index in [9.17, 15) is 9.18 Å². The Morgan fingerprint density at radius 2 is 2.10 bits per heavy atom. The van der Waals surface area contributed by atoms with Crippen molar-refractivity contribution in [2.24, 2.45) is 0 Å². The van der Waals surface area contributed by atoms with Crippen LogP contribution in [0.25, 0.3) is 0 Å². The zero-order valence-electron chi connectivity index (χ0n) is 16.7. The molecule has 3 heterocycles. The Morgan fingerprint density at radius 3 is 2.83 bits per heavy atom. The highest BCUT2D eigenvalue weighted by molar-refractivity contribution is 6.00. The number of pyridine rings is 1. The Morgan fingerprint density at radius 1 is 1.31 bits per heavy atom. The molecule has 1 atom stereocenters. The van der Waals surface area contributed by atoms with E-state index in [4.69, 9.17) is 4.74 Å². The SMILES string of the molecule is CCc1cc(N2CCC(Nc3ccc(F)c(OC)c3)C2=O)ncc1C1CNNC1. The van der Waals surface area contributed by atoms with Crippen LogP contribution in [0.2, 0.25) is 0 Å². The number of carbonyl (C=O) groups excluding carboxylic acids is 1. The van der Waals surface area contributed by atoms with Crippen LogP contribution in [-0.4, -0.2) is 43.7 Å². The van der Waals surface area contributed by atoms with Crippen LogP contribution in [0, 0.1) is 5.82 Å². The first-order valence-corrected chi connectivity index (χ1v) is 9.96. The second-order valence-corrected chi connectivity index (χ2v) is 7.38. The number of nitrogens with one attached hydrogen (secondary N) is 3. The van der Waals surface area contributed by atoms with Gasteiger partial charge in [0.2, 0.25) is 0 Å². The number of benzene rings is 1. The maximum Gasteiger partial charge on any atom is 0.250 e. The molecule has 3 N–H and O–H groups in total. The van der Waals surface area contributed by atoms with Gasteiger partial charge in [0.25, 0.3) is 5.91 Å². The number of hydrogen-bond acceptors (Lipinski definition) is 6. The van der Waals surface area contributed by atoms with E-state index in [-0.39, 0.29) is 17.7 Å². The highest BCUT2D eigenvalue weighted by Crippen LogP contribution is 2.28. The number of amides is 1. The van der Waals surface area contributed by atoms with Gasteiger partial charge in [0.15, 0.2) is 11.6 Å². The van der Waals surface area contributed by atoms with E-state index in [0.29, 0.717) is 30.4 Å². The van der Waals surface area contributed by atoms with Crippen LogP contribution in [0.1, 0.15) is 30.4 Å². The summed E-state index contributed by atoms with van der Waals surface area (Å²) in [6, 6.07) is 6.17. The lowest BCUT2D eigenvalue weighted by Gasteiger charge is -2.20. The molecule has 29 heavy (non-hydrogen) atoms. The molecule has 0 aliphatic carbocycles. The minimum absolute atomic E-state index is 0.0280. The van der Waals surface area contributed by atoms with Crippen LogP contribution < -0.4 is 25.8 Å². The van der Waals surface area contributed by atoms with E-state index in [1.54, 1.807) is 17.0 Å². The van der Waals surface area contributed by atoms with Crippen molar-refractivity contribution in [3.63, 3.8) is 0 Å². The molecular weight excluding hydrogens is 373 g/mol. The molecule has 1 unspecified atom stereocenters. The molecule has 1 aromatic carbocycles. The molecule has 1 aromatic heterocycles. The third-order valence-electron chi connectivity index (χ3n) is 5.63. The zero-order valence-corrected chi connectivity index (χ0v) is 16.7. The van der Waals surface area contributed by atoms with Gasteiger partial charge in [-0.2, -0.15) is 0 Å². The first kappa shape index (κ1) is 19.6. The normalized spacial score (nSPS) is 19.8. The highest BCUT2D eigenvalue weighted by atomic mass is 19.1. The van der Waals surface area contributed by atoms with Crippen molar-refractivity contribution in [3.05, 3.63) is 47.4 Å². The van der Waals surface area contributed by atoms with Crippen LogP contribution >= 0.6 is 0 Å². The predicted octanol–water partition coefficient (Wildman–Crippen LogP) is 2.20. The van der Waals surface area contributed by atoms with Crippen LogP contribution in [0.15, 0.2) is 30.5 Å². The number of halogens is 1. The largest absolute Gasteiger partial charge is 0.494 e. The first-order chi connectivity index (χ1) is 14.1. The summed E-state index contributed by atoms with van der Waals surface area (Å²) >= 11 is 0. The van der Waals surface area contributed by atoms with E-state index in [1.165, 1.54) is 24.3 Å². The molecule has 2 fully saturated rings. The Hall–Kier alpha value is -2.71. The fourth-order valence-electron chi connectivity index (χ4n) is 3.99. The van der Waals surface area contributed by atoms with E-state index >= 15 is 0 Å². The van der Waals surface area contributed by atoms with Crippen molar-refractivity contribution in [2.45, 2.75) is 31.7 Å². The minimum atomic E-state index is -0.429. The fourth-order valence-corrected chi connectivity index (χ4v) is 3.99. The van der Waals surface area contributed by atoms with Crippen molar-refractivity contribution in [1.82, 2.24) is 15.8 Å². The lowest BCUT2D eigenvalue weighted by molar-refractivity contribution is -0.117. The Labute approximate surface area is 169 Å². The van der Waals surface area contributed by atoms with E-state index in [0.717, 1.165) is 19.5 Å². The summed E-state index contributed by atoms with van der Waals surface area (Å²) in [5.74, 6) is 0.776. The van der Waals surface area contributed by atoms with Gasteiger partial charge in [-0.1, -0.05) is 6.92 Å². The third kappa shape index (κ3) is 3.90. The summed E-state index contributed by atoms with van der Waals surface area (Å²) in [6.07, 6.45) is 3.45. The lowest BCUT2D eigenvalue weighted by Crippen LogP contribution is -2.34. The molecule has 1 amide bonds. The number of ether oxygens (including phenoxy) is 1. The molecule has 0 saturated carbocycles. The molecule has 2 aromatic rings. The van der Waals surface area contributed by atoms with Gasteiger partial charge in [0.05, 0.1) is 7.11 Å². The second kappa shape index (κ2) is 8.34. The molecule has 8 heteroatoms. The predicted molar refractivity (Wildman–Crippen MR) is 110 cm³/mol.